The number of nitrogens with zero attached hydrogens (tertiary/aromatic N) is 2. The summed E-state index contributed by atoms with van der Waals surface area (Å²) in [6.45, 7) is 0. The van der Waals surface area contributed by atoms with Gasteiger partial charge in [-0.25, -0.2) is 9.78 Å². The number of amides is 3. The van der Waals surface area contributed by atoms with Crippen LogP contribution in [0.15, 0.2) is 60.8 Å². The Morgan fingerprint density at radius 1 is 1.13 bits per heavy atom. The van der Waals surface area contributed by atoms with Gasteiger partial charge in [-0.2, -0.15) is 0 Å². The minimum absolute atomic E-state index is 0.158. The van der Waals surface area contributed by atoms with Gasteiger partial charge in [0, 0.05) is 16.4 Å². The lowest BCUT2D eigenvalue weighted by Crippen LogP contribution is -2.37. The zero-order valence-electron chi connectivity index (χ0n) is 16.0. The second-order valence-corrected chi connectivity index (χ2v) is 8.26. The number of aromatic amines is 1. The van der Waals surface area contributed by atoms with E-state index in [1.54, 1.807) is 6.20 Å². The number of benzene rings is 2. The van der Waals surface area contributed by atoms with Crippen molar-refractivity contribution in [3.63, 3.8) is 0 Å². The molecule has 150 valence electrons. The highest BCUT2D eigenvalue weighted by molar-refractivity contribution is 14.1. The summed E-state index contributed by atoms with van der Waals surface area (Å²) in [5.41, 5.74) is 2.80. The van der Waals surface area contributed by atoms with Gasteiger partial charge in [0.2, 0.25) is 0 Å². The van der Waals surface area contributed by atoms with Crippen LogP contribution in [0.2, 0.25) is 0 Å². The van der Waals surface area contributed by atoms with Crippen LogP contribution >= 0.6 is 22.6 Å². The monoisotopic (exact) mass is 510 g/mol. The largest absolute Gasteiger partial charge is 0.340 e. The molecule has 3 amide bonds. The van der Waals surface area contributed by atoms with Crippen molar-refractivity contribution < 1.29 is 9.59 Å². The minimum atomic E-state index is -0.702. The average Bonchev–Trinajstić information content (AvgIpc) is 3.34. The van der Waals surface area contributed by atoms with E-state index in [-0.39, 0.29) is 12.3 Å². The van der Waals surface area contributed by atoms with E-state index in [1.165, 1.54) is 4.90 Å². The number of H-pyrrole nitrogens is 1. The van der Waals surface area contributed by atoms with Gasteiger partial charge in [0.05, 0.1) is 11.9 Å². The number of rotatable bonds is 6. The van der Waals surface area contributed by atoms with Crippen molar-refractivity contribution in [1.82, 2.24) is 20.2 Å². The second-order valence-electron chi connectivity index (χ2n) is 7.01. The topological polar surface area (TPSA) is 78.1 Å². The Morgan fingerprint density at radius 2 is 1.87 bits per heavy atom. The Bertz CT molecular complexity index is 1100. The molecular weight excluding hydrogens is 491 g/mol. The molecule has 3 aromatic rings. The highest BCUT2D eigenvalue weighted by Crippen LogP contribution is 2.29. The van der Waals surface area contributed by atoms with E-state index in [4.69, 9.17) is 6.42 Å². The normalized spacial score (nSPS) is 16.9. The Balaban J connectivity index is 1.69. The highest BCUT2D eigenvalue weighted by atomic mass is 127. The Kier molecular flexibility index (Phi) is 5.86. The molecule has 2 N–H and O–H groups in total. The number of hydrogen-bond donors (Lipinski definition) is 2. The molecule has 1 aliphatic rings. The summed E-state index contributed by atoms with van der Waals surface area (Å²) in [5.74, 6) is 2.68. The summed E-state index contributed by atoms with van der Waals surface area (Å²) < 4.78 is 1.14. The maximum Gasteiger partial charge on any atom is 0.325 e. The third-order valence-corrected chi connectivity index (χ3v) is 5.74. The van der Waals surface area contributed by atoms with E-state index in [2.05, 4.69) is 43.8 Å². The molecule has 0 spiro atoms. The second kappa shape index (κ2) is 8.71. The number of hydrogen-bond acceptors (Lipinski definition) is 3. The average molecular weight is 510 g/mol. The fraction of sp³-hybridized carbons (Fsp3) is 0.174. The Hall–Kier alpha value is -3.12. The van der Waals surface area contributed by atoms with Gasteiger partial charge >= 0.3 is 6.03 Å². The van der Waals surface area contributed by atoms with E-state index in [0.29, 0.717) is 12.2 Å². The van der Waals surface area contributed by atoms with Gasteiger partial charge in [-0.1, -0.05) is 42.5 Å². The van der Waals surface area contributed by atoms with Crippen molar-refractivity contribution in [3.05, 3.63) is 75.8 Å². The Labute approximate surface area is 188 Å². The number of carbonyl (C=O) groups is 2. The molecule has 6 nitrogen and oxygen atoms in total. The number of imidazole rings is 1. The van der Waals surface area contributed by atoms with Crippen LogP contribution in [0.3, 0.4) is 0 Å². The molecule has 1 saturated heterocycles. The molecule has 1 aliphatic heterocycles. The molecule has 4 rings (SSSR count). The zero-order chi connectivity index (χ0) is 21.1. The number of nitrogens with one attached hydrogen (secondary N) is 2. The third-order valence-electron chi connectivity index (χ3n) is 5.02. The lowest BCUT2D eigenvalue weighted by atomic mass is 10.0. The lowest BCUT2D eigenvalue weighted by Gasteiger charge is -2.24. The maximum absolute atomic E-state index is 12.9. The number of aromatic nitrogens is 2. The standard InChI is InChI=1S/C23H19IN4O2/c1-2-6-18-22(29)28(23(30)27-18)20(13-15-7-4-3-5-8-15)21-25-14-19(26-21)16-9-11-17(24)12-10-16/h1,3-5,7-12,14,18,20H,6,13H2,(H,25,26)(H,27,30)/t18-,20+/m1/s1. The lowest BCUT2D eigenvalue weighted by molar-refractivity contribution is -0.129. The van der Waals surface area contributed by atoms with Crippen LogP contribution in [-0.4, -0.2) is 32.8 Å². The van der Waals surface area contributed by atoms with Crippen LogP contribution < -0.4 is 5.32 Å². The molecule has 30 heavy (non-hydrogen) atoms. The van der Waals surface area contributed by atoms with Crippen molar-refractivity contribution in [3.8, 4) is 23.6 Å². The fourth-order valence-electron chi connectivity index (χ4n) is 3.53. The summed E-state index contributed by atoms with van der Waals surface area (Å²) in [6, 6.07) is 16.0. The summed E-state index contributed by atoms with van der Waals surface area (Å²) in [4.78, 5) is 34.7. The minimum Gasteiger partial charge on any atom is -0.340 e. The van der Waals surface area contributed by atoms with Crippen molar-refractivity contribution in [2.75, 3.05) is 0 Å². The first-order chi connectivity index (χ1) is 14.6. The number of imide groups is 1. The van der Waals surface area contributed by atoms with Gasteiger partial charge < -0.3 is 10.3 Å². The Morgan fingerprint density at radius 3 is 2.57 bits per heavy atom. The molecular formula is C23H19IN4O2. The molecule has 0 unspecified atom stereocenters. The summed E-state index contributed by atoms with van der Waals surface area (Å²) in [6.07, 6.45) is 7.69. The van der Waals surface area contributed by atoms with Crippen molar-refractivity contribution in [2.24, 2.45) is 0 Å². The molecule has 1 fully saturated rings. The van der Waals surface area contributed by atoms with E-state index < -0.39 is 18.1 Å². The van der Waals surface area contributed by atoms with Crippen molar-refractivity contribution in [1.29, 1.82) is 0 Å². The van der Waals surface area contributed by atoms with Crippen molar-refractivity contribution in [2.45, 2.75) is 24.9 Å². The van der Waals surface area contributed by atoms with Crippen LogP contribution in [0.5, 0.6) is 0 Å². The number of urea groups is 1. The first-order valence-electron chi connectivity index (χ1n) is 9.48. The highest BCUT2D eigenvalue weighted by Gasteiger charge is 2.43. The molecule has 0 bridgehead atoms. The first-order valence-corrected chi connectivity index (χ1v) is 10.6. The number of carbonyl (C=O) groups excluding carboxylic acids is 2. The predicted octanol–water partition coefficient (Wildman–Crippen LogP) is 3.91. The quantitative estimate of drug-likeness (QED) is 0.300. The van der Waals surface area contributed by atoms with E-state index in [1.807, 2.05) is 54.6 Å². The molecule has 0 aliphatic carbocycles. The predicted molar refractivity (Wildman–Crippen MR) is 122 cm³/mol. The van der Waals surface area contributed by atoms with Gasteiger partial charge in [-0.3, -0.25) is 9.69 Å². The van der Waals surface area contributed by atoms with Gasteiger partial charge in [-0.05, 0) is 45.9 Å². The first kappa shape index (κ1) is 20.2. The number of terminal acetylenes is 1. The van der Waals surface area contributed by atoms with E-state index >= 15 is 0 Å². The summed E-state index contributed by atoms with van der Waals surface area (Å²) >= 11 is 2.25. The molecule has 1 aromatic heterocycles. The molecule has 0 saturated carbocycles. The zero-order valence-corrected chi connectivity index (χ0v) is 18.2. The van der Waals surface area contributed by atoms with Crippen LogP contribution in [0.4, 0.5) is 4.79 Å². The van der Waals surface area contributed by atoms with Gasteiger partial charge in [0.1, 0.15) is 17.9 Å². The van der Waals surface area contributed by atoms with Crippen LogP contribution in [-0.2, 0) is 11.2 Å². The SMILES string of the molecule is C#CC[C@H]1NC(=O)N([C@@H](Cc2ccccc2)c2ncc(-c3ccc(I)cc3)[nH]2)C1=O. The van der Waals surface area contributed by atoms with E-state index in [0.717, 1.165) is 20.4 Å². The van der Waals surface area contributed by atoms with Crippen LogP contribution in [0, 0.1) is 15.9 Å². The van der Waals surface area contributed by atoms with Crippen molar-refractivity contribution >= 4 is 34.5 Å². The van der Waals surface area contributed by atoms with Crippen LogP contribution in [0.1, 0.15) is 23.9 Å². The molecule has 2 heterocycles. The van der Waals surface area contributed by atoms with Gasteiger partial charge in [0.15, 0.2) is 0 Å². The molecule has 0 radical (unpaired) electrons. The maximum atomic E-state index is 12.9. The van der Waals surface area contributed by atoms with Crippen LogP contribution in [0.25, 0.3) is 11.3 Å². The number of halogens is 1. The van der Waals surface area contributed by atoms with Gasteiger partial charge in [0.25, 0.3) is 5.91 Å². The molecule has 2 atom stereocenters. The summed E-state index contributed by atoms with van der Waals surface area (Å²) in [5, 5.41) is 2.69. The van der Waals surface area contributed by atoms with E-state index in [9.17, 15) is 9.59 Å². The third kappa shape index (κ3) is 4.09. The molecule has 2 aromatic carbocycles. The summed E-state index contributed by atoms with van der Waals surface area (Å²) in [7, 11) is 0. The fourth-order valence-corrected chi connectivity index (χ4v) is 3.89. The molecule has 7 heteroatoms. The smallest absolute Gasteiger partial charge is 0.325 e. The van der Waals surface area contributed by atoms with Gasteiger partial charge in [-0.15, -0.1) is 12.3 Å².